The number of aromatic nitrogens is 4. The zero-order valence-electron chi connectivity index (χ0n) is 20.6. The van der Waals surface area contributed by atoms with Crippen molar-refractivity contribution in [2.45, 2.75) is 39.3 Å². The first-order valence-corrected chi connectivity index (χ1v) is 12.3. The molecule has 9 nitrogen and oxygen atoms in total. The highest BCUT2D eigenvalue weighted by molar-refractivity contribution is 6.06. The lowest BCUT2D eigenvalue weighted by atomic mass is 9.96. The van der Waals surface area contributed by atoms with Gasteiger partial charge in [0.05, 0.1) is 35.8 Å². The average Bonchev–Trinajstić information content (AvgIpc) is 3.46. The Kier molecular flexibility index (Phi) is 6.86. The minimum atomic E-state index is -0.247. The summed E-state index contributed by atoms with van der Waals surface area (Å²) in [6.45, 7) is 6.44. The third kappa shape index (κ3) is 5.33. The highest BCUT2D eigenvalue weighted by Crippen LogP contribution is 2.24. The molecule has 9 heteroatoms. The predicted molar refractivity (Wildman–Crippen MR) is 138 cm³/mol. The molecule has 0 aliphatic carbocycles. The summed E-state index contributed by atoms with van der Waals surface area (Å²) in [6, 6.07) is 11.4. The van der Waals surface area contributed by atoms with Crippen molar-refractivity contribution < 1.29 is 15.0 Å². The van der Waals surface area contributed by atoms with Gasteiger partial charge in [-0.3, -0.25) is 9.69 Å². The van der Waals surface area contributed by atoms with Crippen LogP contribution in [0.5, 0.6) is 0 Å². The summed E-state index contributed by atoms with van der Waals surface area (Å²) in [4.78, 5) is 27.5. The van der Waals surface area contributed by atoms with Crippen molar-refractivity contribution in [3.63, 3.8) is 0 Å². The van der Waals surface area contributed by atoms with E-state index in [0.29, 0.717) is 23.5 Å². The number of likely N-dealkylation sites (tertiary alicyclic amines) is 1. The van der Waals surface area contributed by atoms with Gasteiger partial charge < -0.3 is 25.1 Å². The maximum atomic E-state index is 13.2. The molecular weight excluding hydrogens is 456 g/mol. The smallest absolute Gasteiger partial charge is 0.255 e. The molecule has 2 atom stereocenters. The first kappa shape index (κ1) is 24.2. The number of hydrogen-bond acceptors (Lipinski definition) is 6. The van der Waals surface area contributed by atoms with Crippen LogP contribution in [0.3, 0.4) is 0 Å². The highest BCUT2D eigenvalue weighted by Gasteiger charge is 2.24. The average molecular weight is 489 g/mol. The Morgan fingerprint density at radius 2 is 2.11 bits per heavy atom. The van der Waals surface area contributed by atoms with Crippen LogP contribution in [0.4, 0.5) is 5.69 Å². The van der Waals surface area contributed by atoms with Crippen molar-refractivity contribution in [1.29, 1.82) is 0 Å². The maximum Gasteiger partial charge on any atom is 0.255 e. The summed E-state index contributed by atoms with van der Waals surface area (Å²) in [5, 5.41) is 22.3. The fourth-order valence-corrected chi connectivity index (χ4v) is 4.80. The molecule has 1 aliphatic heterocycles. The van der Waals surface area contributed by atoms with E-state index in [4.69, 9.17) is 5.11 Å². The summed E-state index contributed by atoms with van der Waals surface area (Å²) in [6.07, 6.45) is 4.69. The van der Waals surface area contributed by atoms with Gasteiger partial charge in [-0.05, 0) is 61.2 Å². The van der Waals surface area contributed by atoms with Crippen molar-refractivity contribution in [3.05, 3.63) is 71.6 Å². The Hall–Kier alpha value is -3.53. The number of amides is 1. The number of carbonyl (C=O) groups is 1. The van der Waals surface area contributed by atoms with Crippen LogP contribution in [0.2, 0.25) is 0 Å². The summed E-state index contributed by atoms with van der Waals surface area (Å²) in [5.41, 5.74) is 5.66. The molecule has 0 bridgehead atoms. The molecular formula is C27H32N6O3. The molecule has 2 aromatic heterocycles. The summed E-state index contributed by atoms with van der Waals surface area (Å²) in [5.74, 6) is 0.708. The Morgan fingerprint density at radius 1 is 1.25 bits per heavy atom. The van der Waals surface area contributed by atoms with E-state index in [1.165, 1.54) is 0 Å². The molecule has 5 rings (SSSR count). The number of anilines is 1. The number of fused-ring (bicyclic) bond motifs is 1. The van der Waals surface area contributed by atoms with Crippen molar-refractivity contribution >= 4 is 22.6 Å². The number of benzene rings is 2. The number of aliphatic hydroxyl groups excluding tert-OH is 2. The van der Waals surface area contributed by atoms with E-state index in [2.05, 4.69) is 38.2 Å². The second-order valence-corrected chi connectivity index (χ2v) is 9.72. The fourth-order valence-electron chi connectivity index (χ4n) is 4.80. The molecule has 1 saturated heterocycles. The van der Waals surface area contributed by atoms with E-state index < -0.39 is 0 Å². The van der Waals surface area contributed by atoms with Crippen LogP contribution >= 0.6 is 0 Å². The van der Waals surface area contributed by atoms with Crippen LogP contribution in [-0.2, 0) is 13.0 Å². The van der Waals surface area contributed by atoms with Gasteiger partial charge in [0.15, 0.2) is 0 Å². The number of piperidine rings is 1. The van der Waals surface area contributed by atoms with Crippen molar-refractivity contribution in [3.8, 4) is 5.69 Å². The molecule has 2 aromatic carbocycles. The monoisotopic (exact) mass is 488 g/mol. The van der Waals surface area contributed by atoms with E-state index in [-0.39, 0.29) is 24.5 Å². The van der Waals surface area contributed by atoms with Gasteiger partial charge >= 0.3 is 0 Å². The third-order valence-corrected chi connectivity index (χ3v) is 6.74. The molecule has 3 heterocycles. The molecule has 188 valence electrons. The molecule has 0 spiro atoms. The summed E-state index contributed by atoms with van der Waals surface area (Å²) in [7, 11) is 0. The van der Waals surface area contributed by atoms with Gasteiger partial charge in [-0.1, -0.05) is 6.92 Å². The number of aromatic amines is 1. The number of nitrogens with zero attached hydrogens (tertiary/aromatic N) is 4. The Labute approximate surface area is 209 Å². The molecule has 4 N–H and O–H groups in total. The SMILES string of the molecule is Cc1cn(-c2cc(CN3CCC(O)C(C)C3)cc(NC(=O)c3ccc4nc(CCO)[nH]c4c3)c2)cn1. The minimum absolute atomic E-state index is 0.0131. The van der Waals surface area contributed by atoms with Crippen LogP contribution in [0.25, 0.3) is 16.7 Å². The van der Waals surface area contributed by atoms with Crippen LogP contribution in [-0.4, -0.2) is 66.3 Å². The quantitative estimate of drug-likeness (QED) is 0.318. The molecule has 0 radical (unpaired) electrons. The van der Waals surface area contributed by atoms with Gasteiger partial charge in [0.2, 0.25) is 0 Å². The van der Waals surface area contributed by atoms with Gasteiger partial charge in [-0.25, -0.2) is 9.97 Å². The van der Waals surface area contributed by atoms with E-state index in [1.54, 1.807) is 18.5 Å². The first-order valence-electron chi connectivity index (χ1n) is 12.3. The highest BCUT2D eigenvalue weighted by atomic mass is 16.3. The fraction of sp³-hybridized carbons (Fsp3) is 0.370. The van der Waals surface area contributed by atoms with Crippen molar-refractivity contribution in [2.24, 2.45) is 5.92 Å². The van der Waals surface area contributed by atoms with Gasteiger partial charge in [-0.2, -0.15) is 0 Å². The molecule has 4 aromatic rings. The van der Waals surface area contributed by atoms with Crippen LogP contribution in [0.15, 0.2) is 48.9 Å². The summed E-state index contributed by atoms with van der Waals surface area (Å²) >= 11 is 0. The molecule has 1 aliphatic rings. The van der Waals surface area contributed by atoms with E-state index in [0.717, 1.165) is 54.0 Å². The minimum Gasteiger partial charge on any atom is -0.396 e. The second-order valence-electron chi connectivity index (χ2n) is 9.72. The topological polar surface area (TPSA) is 119 Å². The normalized spacial score (nSPS) is 18.6. The number of aliphatic hydroxyl groups is 2. The molecule has 36 heavy (non-hydrogen) atoms. The lowest BCUT2D eigenvalue weighted by Crippen LogP contribution is -2.41. The lowest BCUT2D eigenvalue weighted by Gasteiger charge is -2.34. The molecule has 1 amide bonds. The van der Waals surface area contributed by atoms with Crippen molar-refractivity contribution in [2.75, 3.05) is 25.0 Å². The number of carbonyl (C=O) groups excluding carboxylic acids is 1. The zero-order chi connectivity index (χ0) is 25.2. The largest absolute Gasteiger partial charge is 0.396 e. The number of rotatable bonds is 7. The third-order valence-electron chi connectivity index (χ3n) is 6.74. The zero-order valence-corrected chi connectivity index (χ0v) is 20.6. The number of imidazole rings is 2. The second kappa shape index (κ2) is 10.2. The maximum absolute atomic E-state index is 13.2. The number of nitrogens with one attached hydrogen (secondary N) is 2. The lowest BCUT2D eigenvalue weighted by molar-refractivity contribution is 0.0320. The number of H-pyrrole nitrogens is 1. The summed E-state index contributed by atoms with van der Waals surface area (Å²) < 4.78 is 1.95. The van der Waals surface area contributed by atoms with Crippen LogP contribution in [0, 0.1) is 12.8 Å². The van der Waals surface area contributed by atoms with E-state index >= 15 is 0 Å². The predicted octanol–water partition coefficient (Wildman–Crippen LogP) is 3.05. The van der Waals surface area contributed by atoms with Gasteiger partial charge in [-0.15, -0.1) is 0 Å². The molecule has 1 fully saturated rings. The standard InChI is InChI=1S/C27H32N6O3/c1-17-13-32(7-5-25(17)35)15-19-9-21(12-22(10-19)33-14-18(2)28-16-33)29-27(36)20-3-4-23-24(11-20)31-26(30-23)6-8-34/h3-4,9-12,14,16-17,25,34-35H,5-8,13,15H2,1-2H3,(H,29,36)(H,30,31). The molecule has 2 unspecified atom stereocenters. The molecule has 0 saturated carbocycles. The number of aryl methyl sites for hydroxylation is 1. The van der Waals surface area contributed by atoms with Gasteiger partial charge in [0.25, 0.3) is 5.91 Å². The van der Waals surface area contributed by atoms with Crippen LogP contribution in [0.1, 0.15) is 40.8 Å². The Bertz CT molecular complexity index is 1380. The van der Waals surface area contributed by atoms with Gasteiger partial charge in [0, 0.05) is 49.2 Å². The van der Waals surface area contributed by atoms with Crippen LogP contribution < -0.4 is 5.32 Å². The van der Waals surface area contributed by atoms with Gasteiger partial charge in [0.1, 0.15) is 5.82 Å². The number of hydrogen-bond donors (Lipinski definition) is 4. The van der Waals surface area contributed by atoms with E-state index in [1.807, 2.05) is 35.9 Å². The first-order chi connectivity index (χ1) is 17.4. The Balaban J connectivity index is 1.40. The Morgan fingerprint density at radius 3 is 2.86 bits per heavy atom. The van der Waals surface area contributed by atoms with E-state index in [9.17, 15) is 9.90 Å². The van der Waals surface area contributed by atoms with Crippen molar-refractivity contribution in [1.82, 2.24) is 24.4 Å².